The van der Waals surface area contributed by atoms with Crippen LogP contribution in [0, 0.1) is 58.0 Å². The Morgan fingerprint density at radius 2 is 0.893 bits per heavy atom. The van der Waals surface area contributed by atoms with Crippen LogP contribution in [0.15, 0.2) is 165 Å². The van der Waals surface area contributed by atoms with E-state index >= 15 is 0 Å². The normalized spacial score (nSPS) is 10.7. The summed E-state index contributed by atoms with van der Waals surface area (Å²) in [6.45, 7) is 55.6. The van der Waals surface area contributed by atoms with Crippen molar-refractivity contribution < 1.29 is 17.9 Å². The summed E-state index contributed by atoms with van der Waals surface area (Å²) in [4.78, 5) is 1.36. The van der Waals surface area contributed by atoms with E-state index in [0.29, 0.717) is 47.3 Å². The van der Waals surface area contributed by atoms with Gasteiger partial charge in [-0.3, -0.25) is 0 Å². The number of thiophene rings is 1. The Morgan fingerprint density at radius 3 is 1.31 bits per heavy atom. The zero-order chi connectivity index (χ0) is 78.9. The predicted molar refractivity (Wildman–Crippen MR) is 464 cm³/mol. The summed E-state index contributed by atoms with van der Waals surface area (Å²) < 4.78 is 47.6. The van der Waals surface area contributed by atoms with E-state index in [-0.39, 0.29) is 11.7 Å². The third kappa shape index (κ3) is 36.4. The lowest BCUT2D eigenvalue weighted by Gasteiger charge is -2.12. The van der Waals surface area contributed by atoms with E-state index in [1.807, 2.05) is 69.3 Å². The molecule has 8 aromatic carbocycles. The van der Waals surface area contributed by atoms with Crippen molar-refractivity contribution in [2.45, 2.75) is 246 Å². The lowest BCUT2D eigenvalue weighted by molar-refractivity contribution is 0.411. The van der Waals surface area contributed by atoms with Gasteiger partial charge in [-0.15, -0.1) is 11.3 Å². The van der Waals surface area contributed by atoms with Crippen molar-refractivity contribution in [3.8, 4) is 5.75 Å². The van der Waals surface area contributed by atoms with Crippen molar-refractivity contribution in [1.82, 2.24) is 0 Å². The average Bonchev–Trinajstić information content (AvgIpc) is 1.44. The van der Waals surface area contributed by atoms with Gasteiger partial charge in [-0.2, -0.15) is 0 Å². The van der Waals surface area contributed by atoms with Crippen molar-refractivity contribution in [2.75, 3.05) is 7.11 Å². The second-order valence-electron chi connectivity index (χ2n) is 29.2. The molecule has 0 atom stereocenters. The van der Waals surface area contributed by atoms with Crippen LogP contribution in [0.5, 0.6) is 5.75 Å². The summed E-state index contributed by atoms with van der Waals surface area (Å²) in [6, 6.07) is 49.2. The van der Waals surface area contributed by atoms with Gasteiger partial charge in [-0.05, 0) is 303 Å². The lowest BCUT2D eigenvalue weighted by atomic mass is 9.96. The van der Waals surface area contributed by atoms with Crippen LogP contribution in [0.3, 0.4) is 0 Å². The number of hydrogen-bond acceptors (Lipinski definition) is 2. The Balaban J connectivity index is 0.000000580. The molecule has 12 heteroatoms. The molecular formula is C91H120Br3Cl4F3OS. The third-order valence-electron chi connectivity index (χ3n) is 16.8. The highest BCUT2D eigenvalue weighted by atomic mass is 79.9. The molecule has 1 heterocycles. The summed E-state index contributed by atoms with van der Waals surface area (Å²) in [7, 11) is 1.69. The molecule has 0 spiro atoms. The Kier molecular flexibility index (Phi) is 46.5. The summed E-state index contributed by atoms with van der Waals surface area (Å²) in [5, 5.41) is 2.54. The molecule has 9 rings (SSSR count). The van der Waals surface area contributed by atoms with Crippen LogP contribution in [0.1, 0.15) is 287 Å². The molecule has 0 N–H and O–H groups in total. The molecule has 0 aliphatic carbocycles. The number of halogens is 10. The molecule has 0 aliphatic rings. The van der Waals surface area contributed by atoms with Gasteiger partial charge in [0.1, 0.15) is 11.6 Å². The molecule has 0 radical (unpaired) electrons. The summed E-state index contributed by atoms with van der Waals surface area (Å²) in [5.74, 6) is 4.68. The van der Waals surface area contributed by atoms with E-state index in [4.69, 9.17) is 51.1 Å². The SMILES string of the molecule is CC(C)Cc1ccc(C(C)C)cc1.CC(C)c1cc(Cl)ccc1Br.CC(C)c1ccc(Cl)s1.CCc1ccc(Cl)cc1C(C)C.COc1cc(C(C)C)c(C)cc1Br.Cc1cc(Br)ccc1C(C)C.Cc1cc(F)c(F)cc1C(C)C.Cc1ccc(F)cc1C(C)C.Cc1cccc(Cl)c1C(C)C. The lowest BCUT2D eigenvalue weighted by Crippen LogP contribution is -1.95. The molecule has 0 saturated heterocycles. The number of aryl methyl sites for hydroxylation is 6. The van der Waals surface area contributed by atoms with Crippen LogP contribution in [0.2, 0.25) is 19.4 Å². The molecule has 0 amide bonds. The average molecular weight is 1700 g/mol. The number of methoxy groups -OCH3 is 1. The first-order chi connectivity index (χ1) is 48.0. The zero-order valence-electron chi connectivity index (χ0n) is 66.7. The maximum Gasteiger partial charge on any atom is 0.159 e. The second kappa shape index (κ2) is 49.6. The smallest absolute Gasteiger partial charge is 0.159 e. The Labute approximate surface area is 672 Å². The van der Waals surface area contributed by atoms with Gasteiger partial charge in [0.15, 0.2) is 11.6 Å². The number of benzene rings is 8. The van der Waals surface area contributed by atoms with Gasteiger partial charge in [0.2, 0.25) is 0 Å². The van der Waals surface area contributed by atoms with Gasteiger partial charge in [0.25, 0.3) is 0 Å². The van der Waals surface area contributed by atoms with Gasteiger partial charge >= 0.3 is 0 Å². The quantitative estimate of drug-likeness (QED) is 0.112. The van der Waals surface area contributed by atoms with Crippen molar-refractivity contribution in [3.63, 3.8) is 0 Å². The number of rotatable bonds is 13. The highest BCUT2D eigenvalue weighted by molar-refractivity contribution is 9.11. The fourth-order valence-corrected chi connectivity index (χ4v) is 14.8. The molecule has 103 heavy (non-hydrogen) atoms. The minimum Gasteiger partial charge on any atom is -0.496 e. The Hall–Kier alpha value is -4.35. The van der Waals surface area contributed by atoms with Crippen molar-refractivity contribution in [2.24, 2.45) is 5.92 Å². The van der Waals surface area contributed by atoms with Crippen molar-refractivity contribution >= 4 is 106 Å². The van der Waals surface area contributed by atoms with Gasteiger partial charge in [0.05, 0.1) is 15.9 Å². The maximum absolute atomic E-state index is 12.7. The maximum atomic E-state index is 12.7. The fourth-order valence-electron chi connectivity index (χ4n) is 11.2. The molecular weight excluding hydrogens is 1580 g/mol. The predicted octanol–water partition coefficient (Wildman–Crippen LogP) is 34.0. The van der Waals surface area contributed by atoms with Gasteiger partial charge in [-0.25, -0.2) is 13.2 Å². The minimum absolute atomic E-state index is 0.140. The molecule has 1 aromatic heterocycles. The highest BCUT2D eigenvalue weighted by Crippen LogP contribution is 2.34. The van der Waals surface area contributed by atoms with Gasteiger partial charge in [0, 0.05) is 28.9 Å². The van der Waals surface area contributed by atoms with Crippen LogP contribution in [0.4, 0.5) is 13.2 Å². The van der Waals surface area contributed by atoms with E-state index < -0.39 is 11.6 Å². The van der Waals surface area contributed by atoms with Crippen LogP contribution < -0.4 is 4.74 Å². The first-order valence-electron chi connectivity index (χ1n) is 36.1. The molecule has 0 bridgehead atoms. The molecule has 0 fully saturated rings. The molecule has 0 saturated carbocycles. The molecule has 1 nitrogen and oxygen atoms in total. The monoisotopic (exact) mass is 1690 g/mol. The van der Waals surface area contributed by atoms with Gasteiger partial charge < -0.3 is 4.74 Å². The Morgan fingerprint density at radius 1 is 0.398 bits per heavy atom. The van der Waals surface area contributed by atoms with Crippen molar-refractivity contribution in [1.29, 1.82) is 0 Å². The van der Waals surface area contributed by atoms with Crippen LogP contribution in [0.25, 0.3) is 0 Å². The standard InChI is InChI=1S/C13H20.C11H15BrO.C11H15Cl.C10H13Br.C10H13Cl.C10H12F2.C10H13F.C9H10BrCl.C7H9ClS/c1-10(2)9-12-5-7-13(8-6-12)11(3)4;1-7(2)9-6-11(13-4)10(12)5-8(9)3;1-4-9-5-6-10(12)7-11(9)8(2)3;1-7(2)10-5-4-9(11)6-8(10)3;1-7(2)10-8(3)5-4-6-9(10)11;1-6(2)8-5-10(12)9(11)4-7(8)3;1-7(2)10-6-9(11)5-4-8(10)3;1-6(2)8-5-7(11)3-4-9(8)10;1-5(2)6-3-4-7(8)9-6/h5-8,10-11H,9H2,1-4H3;5-7H,1-4H3;5-8H,4H2,1-3H3;2*4-7H,1-3H3;4-6H,1-3H3;4-7H,1-3H3;3-6H,1-2H3;3-5H,1-2H3. The van der Waals surface area contributed by atoms with Crippen LogP contribution >= 0.6 is 106 Å². The second-order valence-corrected chi connectivity index (χ2v) is 34.8. The molecule has 9 aromatic rings. The van der Waals surface area contributed by atoms with E-state index in [1.165, 1.54) is 101 Å². The zero-order valence-corrected chi connectivity index (χ0v) is 75.3. The van der Waals surface area contributed by atoms with Crippen LogP contribution in [-0.4, -0.2) is 7.11 Å². The van der Waals surface area contributed by atoms with E-state index in [0.717, 1.165) is 63.1 Å². The first-order valence-corrected chi connectivity index (χ1v) is 40.8. The van der Waals surface area contributed by atoms with Crippen molar-refractivity contribution in [3.05, 3.63) is 290 Å². The molecule has 0 unspecified atom stereocenters. The van der Waals surface area contributed by atoms with Gasteiger partial charge in [-0.1, -0.05) is 278 Å². The van der Waals surface area contributed by atoms with E-state index in [2.05, 4.69) is 279 Å². The third-order valence-corrected chi connectivity index (χ3v) is 21.0. The number of hydrogen-bond donors (Lipinski definition) is 0. The number of ether oxygens (including phenoxy) is 1. The van der Waals surface area contributed by atoms with E-state index in [1.54, 1.807) is 31.4 Å². The highest BCUT2D eigenvalue weighted by Gasteiger charge is 2.13. The van der Waals surface area contributed by atoms with E-state index in [9.17, 15) is 13.2 Å². The minimum atomic E-state index is -0.767. The summed E-state index contributed by atoms with van der Waals surface area (Å²) in [6.07, 6.45) is 2.28. The Bertz CT molecular complexity index is 3850. The van der Waals surface area contributed by atoms with Crippen LogP contribution in [-0.2, 0) is 12.8 Å². The molecule has 566 valence electrons. The fraction of sp³-hybridized carbons (Fsp3) is 0.429. The summed E-state index contributed by atoms with van der Waals surface area (Å²) >= 11 is 35.5. The largest absolute Gasteiger partial charge is 0.496 e. The summed E-state index contributed by atoms with van der Waals surface area (Å²) in [5.41, 5.74) is 18.9. The topological polar surface area (TPSA) is 9.23 Å². The first kappa shape index (κ1) is 96.7. The molecule has 0 aliphatic heterocycles.